The minimum absolute atomic E-state index is 0.00741. The van der Waals surface area contributed by atoms with Gasteiger partial charge in [-0.3, -0.25) is 0 Å². The molecule has 3 N–H and O–H groups in total. The highest BCUT2D eigenvalue weighted by atomic mass is 32.2. The zero-order chi connectivity index (χ0) is 31.7. The Bertz CT molecular complexity index is 1710. The molecule has 9 heteroatoms. The zero-order valence-corrected chi connectivity index (χ0v) is 26.5. The molecule has 1 aliphatic heterocycles. The Balaban J connectivity index is 1.14. The van der Waals surface area contributed by atoms with Crippen molar-refractivity contribution in [2.24, 2.45) is 7.05 Å². The van der Waals surface area contributed by atoms with Gasteiger partial charge in [0.2, 0.25) is 0 Å². The second kappa shape index (κ2) is 15.2. The molecule has 1 saturated heterocycles. The summed E-state index contributed by atoms with van der Waals surface area (Å²) in [6.45, 7) is 0.880. The Kier molecular flexibility index (Phi) is 10.5. The smallest absolute Gasteiger partial charge is 0.315 e. The second-order valence-electron chi connectivity index (χ2n) is 11.3. The van der Waals surface area contributed by atoms with E-state index < -0.39 is 6.29 Å². The van der Waals surface area contributed by atoms with E-state index in [0.717, 1.165) is 49.9 Å². The summed E-state index contributed by atoms with van der Waals surface area (Å²) in [5.74, 6) is 0.743. The number of imidazole rings is 1. The molecule has 1 aromatic heterocycles. The maximum Gasteiger partial charge on any atom is 0.315 e. The van der Waals surface area contributed by atoms with Crippen LogP contribution in [0.1, 0.15) is 46.6 Å². The third kappa shape index (κ3) is 8.05. The molecule has 5 aromatic rings. The first kappa shape index (κ1) is 31.6. The number of carbonyl (C=O) groups excluding carboxylic acids is 1. The highest BCUT2D eigenvalue weighted by Gasteiger charge is 2.32. The van der Waals surface area contributed by atoms with Crippen LogP contribution in [0, 0.1) is 0 Å². The largest absolute Gasteiger partial charge is 0.392 e. The normalized spacial score (nSPS) is 17.8. The van der Waals surface area contributed by atoms with Crippen molar-refractivity contribution >= 4 is 17.8 Å². The van der Waals surface area contributed by atoms with E-state index in [-0.39, 0.29) is 24.8 Å². The van der Waals surface area contributed by atoms with Gasteiger partial charge in [-0.15, -0.1) is 0 Å². The lowest BCUT2D eigenvalue weighted by Gasteiger charge is -2.36. The van der Waals surface area contributed by atoms with Crippen LogP contribution in [0.3, 0.4) is 0 Å². The van der Waals surface area contributed by atoms with Crippen molar-refractivity contribution in [1.82, 2.24) is 20.2 Å². The SMILES string of the molecule is Cn1ccnc1SCC1CC(c2ccc(CO)cc2)OC(c2ccc(-c3ccccc3CNC(=O)NCc3ccccc3)cc2)O1. The van der Waals surface area contributed by atoms with Crippen LogP contribution in [0.4, 0.5) is 4.79 Å². The molecule has 3 atom stereocenters. The fourth-order valence-electron chi connectivity index (χ4n) is 5.47. The number of hydrogen-bond donors (Lipinski definition) is 3. The van der Waals surface area contributed by atoms with Crippen molar-refractivity contribution in [3.8, 4) is 11.1 Å². The van der Waals surface area contributed by atoms with E-state index in [1.54, 1.807) is 18.0 Å². The average Bonchev–Trinajstić information content (AvgIpc) is 3.53. The fraction of sp³-hybridized carbons (Fsp3) is 0.243. The summed E-state index contributed by atoms with van der Waals surface area (Å²) in [6.07, 6.45) is 3.71. The van der Waals surface area contributed by atoms with Crippen LogP contribution in [0.25, 0.3) is 11.1 Å². The molecular formula is C37H38N4O4S. The molecule has 8 nitrogen and oxygen atoms in total. The number of ether oxygens (including phenoxy) is 2. The fourth-order valence-corrected chi connectivity index (χ4v) is 6.42. The van der Waals surface area contributed by atoms with Crippen molar-refractivity contribution in [2.75, 3.05) is 5.75 Å². The predicted octanol–water partition coefficient (Wildman–Crippen LogP) is 6.92. The van der Waals surface area contributed by atoms with Crippen LogP contribution < -0.4 is 10.6 Å². The Labute approximate surface area is 273 Å². The van der Waals surface area contributed by atoms with Gasteiger partial charge >= 0.3 is 6.03 Å². The van der Waals surface area contributed by atoms with Crippen molar-refractivity contribution in [1.29, 1.82) is 0 Å². The summed E-state index contributed by atoms with van der Waals surface area (Å²) in [6, 6.07) is 33.9. The van der Waals surface area contributed by atoms with Gasteiger partial charge in [-0.25, -0.2) is 9.78 Å². The lowest BCUT2D eigenvalue weighted by molar-refractivity contribution is -0.245. The van der Waals surface area contributed by atoms with Crippen LogP contribution in [0.5, 0.6) is 0 Å². The van der Waals surface area contributed by atoms with E-state index in [1.807, 2.05) is 90.6 Å². The van der Waals surface area contributed by atoms with E-state index in [1.165, 1.54) is 0 Å². The third-order valence-corrected chi connectivity index (χ3v) is 9.23. The average molecular weight is 635 g/mol. The Morgan fingerprint density at radius 3 is 2.33 bits per heavy atom. The van der Waals surface area contributed by atoms with Crippen LogP contribution in [-0.4, -0.2) is 32.5 Å². The molecule has 2 heterocycles. The molecule has 2 amide bonds. The van der Waals surface area contributed by atoms with Gasteiger partial charge in [0.1, 0.15) is 0 Å². The molecule has 3 unspecified atom stereocenters. The molecule has 1 fully saturated rings. The van der Waals surface area contributed by atoms with Crippen molar-refractivity contribution in [3.63, 3.8) is 0 Å². The molecule has 0 aliphatic carbocycles. The first-order chi connectivity index (χ1) is 22.6. The minimum atomic E-state index is -0.539. The van der Waals surface area contributed by atoms with Gasteiger partial charge in [0.15, 0.2) is 11.4 Å². The number of benzene rings is 4. The summed E-state index contributed by atoms with van der Waals surface area (Å²) in [5.41, 5.74) is 7.02. The number of amides is 2. The maximum atomic E-state index is 12.5. The van der Waals surface area contributed by atoms with E-state index >= 15 is 0 Å². The van der Waals surface area contributed by atoms with Crippen LogP contribution in [0.15, 0.2) is 121 Å². The Morgan fingerprint density at radius 1 is 0.870 bits per heavy atom. The molecule has 4 aromatic carbocycles. The number of aryl methyl sites for hydroxylation is 1. The highest BCUT2D eigenvalue weighted by molar-refractivity contribution is 7.99. The second-order valence-corrected chi connectivity index (χ2v) is 12.3. The maximum absolute atomic E-state index is 12.5. The first-order valence-electron chi connectivity index (χ1n) is 15.4. The predicted molar refractivity (Wildman–Crippen MR) is 180 cm³/mol. The van der Waals surface area contributed by atoms with Gasteiger partial charge in [-0.05, 0) is 33.4 Å². The number of nitrogens with one attached hydrogen (secondary N) is 2. The zero-order valence-electron chi connectivity index (χ0n) is 25.7. The lowest BCUT2D eigenvalue weighted by Crippen LogP contribution is -2.34. The minimum Gasteiger partial charge on any atom is -0.392 e. The Hall–Kier alpha value is -4.41. The molecule has 0 radical (unpaired) electrons. The van der Waals surface area contributed by atoms with E-state index in [0.29, 0.717) is 19.5 Å². The molecule has 0 saturated carbocycles. The number of thioether (sulfide) groups is 1. The molecular weight excluding hydrogens is 596 g/mol. The number of carbonyl (C=O) groups is 1. The van der Waals surface area contributed by atoms with E-state index in [9.17, 15) is 9.90 Å². The number of aliphatic hydroxyl groups is 1. The van der Waals surface area contributed by atoms with Gasteiger partial charge in [0, 0.05) is 50.3 Å². The van der Waals surface area contributed by atoms with Crippen LogP contribution in [-0.2, 0) is 36.2 Å². The van der Waals surface area contributed by atoms with Crippen molar-refractivity contribution in [3.05, 3.63) is 143 Å². The van der Waals surface area contributed by atoms with E-state index in [4.69, 9.17) is 9.47 Å². The third-order valence-electron chi connectivity index (χ3n) is 8.04. The van der Waals surface area contributed by atoms with Crippen LogP contribution in [0.2, 0.25) is 0 Å². The topological polar surface area (TPSA) is 97.6 Å². The van der Waals surface area contributed by atoms with Gasteiger partial charge in [-0.2, -0.15) is 0 Å². The van der Waals surface area contributed by atoms with Gasteiger partial charge in [0.05, 0.1) is 18.8 Å². The highest BCUT2D eigenvalue weighted by Crippen LogP contribution is 2.40. The number of urea groups is 1. The molecule has 1 aliphatic rings. The van der Waals surface area contributed by atoms with Crippen molar-refractivity contribution in [2.45, 2.75) is 49.8 Å². The summed E-state index contributed by atoms with van der Waals surface area (Å²) >= 11 is 1.67. The summed E-state index contributed by atoms with van der Waals surface area (Å²) in [7, 11) is 1.99. The number of nitrogens with zero attached hydrogens (tertiary/aromatic N) is 2. The number of rotatable bonds is 11. The van der Waals surface area contributed by atoms with Gasteiger partial charge in [-0.1, -0.05) is 115 Å². The molecule has 46 heavy (non-hydrogen) atoms. The van der Waals surface area contributed by atoms with Gasteiger partial charge < -0.3 is 29.8 Å². The Morgan fingerprint density at radius 2 is 1.59 bits per heavy atom. The summed E-state index contributed by atoms with van der Waals surface area (Å²) in [4.78, 5) is 17.0. The van der Waals surface area contributed by atoms with Gasteiger partial charge in [0.25, 0.3) is 0 Å². The molecule has 236 valence electrons. The molecule has 0 spiro atoms. The number of aromatic nitrogens is 2. The van der Waals surface area contributed by atoms with E-state index in [2.05, 4.69) is 45.9 Å². The first-order valence-corrected chi connectivity index (χ1v) is 16.4. The number of aliphatic hydroxyl groups excluding tert-OH is 1. The monoisotopic (exact) mass is 634 g/mol. The molecule has 0 bridgehead atoms. The lowest BCUT2D eigenvalue weighted by atomic mass is 9.98. The van der Waals surface area contributed by atoms with Crippen molar-refractivity contribution < 1.29 is 19.4 Å². The summed E-state index contributed by atoms with van der Waals surface area (Å²) < 4.78 is 15.1. The standard InChI is InChI=1S/C37H38N4O4S/c1-41-20-19-38-37(41)46-25-32-21-34(29-13-11-27(24-42)12-14-29)45-35(44-32)30-17-15-28(16-18-30)33-10-6-5-9-31(33)23-40-36(43)39-22-26-7-3-2-4-8-26/h2-20,32,34-35,42H,21-25H2,1H3,(H2,39,40,43). The quantitative estimate of drug-likeness (QED) is 0.137. The summed E-state index contributed by atoms with van der Waals surface area (Å²) in [5, 5.41) is 16.4. The number of hydrogen-bond acceptors (Lipinski definition) is 6. The van der Waals surface area contributed by atoms with Crippen LogP contribution >= 0.6 is 11.8 Å². The molecule has 6 rings (SSSR count).